The van der Waals surface area contributed by atoms with Crippen LogP contribution in [0.5, 0.6) is 5.75 Å². The molecule has 5 rings (SSSR count). The summed E-state index contributed by atoms with van der Waals surface area (Å²) in [6.07, 6.45) is 0. The molecule has 5 aromatic rings. The number of hydrogen-bond donors (Lipinski definition) is 0. The SMILES string of the molecule is COc1ccc2c(c1)c(C(=O)c1csc(-c3ccccc3)n1)c(C)n2Cc1ccc(Cl)cc1. The van der Waals surface area contributed by atoms with Crippen molar-refractivity contribution < 1.29 is 9.53 Å². The number of methoxy groups -OCH3 is 1. The maximum absolute atomic E-state index is 13.7. The Labute approximate surface area is 201 Å². The Bertz CT molecular complexity index is 1450. The van der Waals surface area contributed by atoms with Crippen molar-refractivity contribution in [1.82, 2.24) is 9.55 Å². The van der Waals surface area contributed by atoms with E-state index in [-0.39, 0.29) is 5.78 Å². The predicted molar refractivity (Wildman–Crippen MR) is 135 cm³/mol. The molecule has 0 aliphatic rings. The average Bonchev–Trinajstić information content (AvgIpc) is 3.44. The summed E-state index contributed by atoms with van der Waals surface area (Å²) in [4.78, 5) is 18.4. The largest absolute Gasteiger partial charge is 0.497 e. The summed E-state index contributed by atoms with van der Waals surface area (Å²) in [5, 5.41) is 4.23. The summed E-state index contributed by atoms with van der Waals surface area (Å²) in [7, 11) is 1.63. The third-order valence-electron chi connectivity index (χ3n) is 5.77. The van der Waals surface area contributed by atoms with E-state index in [4.69, 9.17) is 16.3 Å². The van der Waals surface area contributed by atoms with Crippen molar-refractivity contribution in [2.45, 2.75) is 13.5 Å². The van der Waals surface area contributed by atoms with Gasteiger partial charge in [-0.15, -0.1) is 11.3 Å². The highest BCUT2D eigenvalue weighted by atomic mass is 35.5. The van der Waals surface area contributed by atoms with Gasteiger partial charge in [0.25, 0.3) is 0 Å². The molecule has 0 amide bonds. The Morgan fingerprint density at radius 1 is 1.06 bits per heavy atom. The van der Waals surface area contributed by atoms with Crippen molar-refractivity contribution in [3.05, 3.63) is 106 Å². The Morgan fingerprint density at radius 2 is 1.82 bits per heavy atom. The fourth-order valence-corrected chi connectivity index (χ4v) is 5.00. The highest BCUT2D eigenvalue weighted by Crippen LogP contribution is 2.33. The van der Waals surface area contributed by atoms with Crippen molar-refractivity contribution in [2.75, 3.05) is 7.11 Å². The van der Waals surface area contributed by atoms with E-state index < -0.39 is 0 Å². The van der Waals surface area contributed by atoms with Gasteiger partial charge in [-0.25, -0.2) is 4.98 Å². The van der Waals surface area contributed by atoms with Gasteiger partial charge in [-0.1, -0.05) is 54.1 Å². The van der Waals surface area contributed by atoms with Gasteiger partial charge in [-0.05, 0) is 42.8 Å². The number of ether oxygens (including phenoxy) is 1. The summed E-state index contributed by atoms with van der Waals surface area (Å²) < 4.78 is 7.62. The number of halogens is 1. The molecule has 3 aromatic carbocycles. The lowest BCUT2D eigenvalue weighted by Gasteiger charge is -2.09. The van der Waals surface area contributed by atoms with Gasteiger partial charge < -0.3 is 9.30 Å². The maximum Gasteiger partial charge on any atom is 0.214 e. The van der Waals surface area contributed by atoms with Crippen molar-refractivity contribution in [1.29, 1.82) is 0 Å². The number of ketones is 1. The molecule has 0 fully saturated rings. The molecule has 0 spiro atoms. The Balaban J connectivity index is 1.61. The predicted octanol–water partition coefficient (Wildman–Crippen LogP) is 7.01. The van der Waals surface area contributed by atoms with Gasteiger partial charge in [0.15, 0.2) is 0 Å². The van der Waals surface area contributed by atoms with E-state index in [0.29, 0.717) is 28.6 Å². The number of fused-ring (bicyclic) bond motifs is 1. The highest BCUT2D eigenvalue weighted by molar-refractivity contribution is 7.13. The molecule has 2 aromatic heterocycles. The second-order valence-corrected chi connectivity index (χ2v) is 9.08. The van der Waals surface area contributed by atoms with E-state index in [1.165, 1.54) is 11.3 Å². The average molecular weight is 473 g/mol. The van der Waals surface area contributed by atoms with E-state index in [0.717, 1.165) is 32.7 Å². The molecule has 0 radical (unpaired) electrons. The van der Waals surface area contributed by atoms with Gasteiger partial charge in [0.1, 0.15) is 16.5 Å². The number of thiazole rings is 1. The first kappa shape index (κ1) is 21.4. The van der Waals surface area contributed by atoms with E-state index in [1.54, 1.807) is 7.11 Å². The van der Waals surface area contributed by atoms with Crippen LogP contribution in [-0.4, -0.2) is 22.4 Å². The van der Waals surface area contributed by atoms with Crippen LogP contribution in [0.4, 0.5) is 0 Å². The van der Waals surface area contributed by atoms with Crippen LogP contribution >= 0.6 is 22.9 Å². The first-order valence-corrected chi connectivity index (χ1v) is 11.8. The van der Waals surface area contributed by atoms with E-state index in [9.17, 15) is 4.79 Å². The number of carbonyl (C=O) groups is 1. The molecule has 6 heteroatoms. The van der Waals surface area contributed by atoms with Crippen LogP contribution in [0.15, 0.2) is 78.2 Å². The third kappa shape index (κ3) is 4.06. The summed E-state index contributed by atoms with van der Waals surface area (Å²) in [5.41, 5.74) is 5.09. The first-order valence-electron chi connectivity index (χ1n) is 10.5. The van der Waals surface area contributed by atoms with Gasteiger partial charge in [0.2, 0.25) is 5.78 Å². The summed E-state index contributed by atoms with van der Waals surface area (Å²) in [6, 6.07) is 23.5. The molecule has 33 heavy (non-hydrogen) atoms. The second-order valence-electron chi connectivity index (χ2n) is 7.79. The van der Waals surface area contributed by atoms with Crippen LogP contribution in [-0.2, 0) is 6.54 Å². The van der Waals surface area contributed by atoms with Crippen LogP contribution in [0.2, 0.25) is 5.02 Å². The highest BCUT2D eigenvalue weighted by Gasteiger charge is 2.24. The number of carbonyl (C=O) groups excluding carboxylic acids is 1. The minimum absolute atomic E-state index is 0.0842. The standard InChI is InChI=1S/C27H21ClN2O2S/c1-17-25(26(31)23-16-33-27(29-23)19-6-4-3-5-7-19)22-14-21(32-2)12-13-24(22)30(17)15-18-8-10-20(28)11-9-18/h3-14,16H,15H2,1-2H3. The number of rotatable bonds is 6. The zero-order valence-corrected chi connectivity index (χ0v) is 19.8. The lowest BCUT2D eigenvalue weighted by molar-refractivity contribution is 0.103. The fourth-order valence-electron chi connectivity index (χ4n) is 4.07. The van der Waals surface area contributed by atoms with Gasteiger partial charge in [0, 0.05) is 39.1 Å². The molecule has 0 N–H and O–H groups in total. The van der Waals surface area contributed by atoms with Crippen LogP contribution in [0.25, 0.3) is 21.5 Å². The van der Waals surface area contributed by atoms with Gasteiger partial charge in [-0.2, -0.15) is 0 Å². The van der Waals surface area contributed by atoms with Crippen molar-refractivity contribution in [3.63, 3.8) is 0 Å². The Kier molecular flexibility index (Phi) is 5.75. The fraction of sp³-hybridized carbons (Fsp3) is 0.111. The molecule has 164 valence electrons. The molecule has 2 heterocycles. The van der Waals surface area contributed by atoms with Crippen LogP contribution in [0, 0.1) is 6.92 Å². The van der Waals surface area contributed by atoms with Gasteiger partial charge in [0.05, 0.1) is 12.7 Å². The molecule has 0 aliphatic carbocycles. The molecular weight excluding hydrogens is 452 g/mol. The zero-order chi connectivity index (χ0) is 22.9. The quantitative estimate of drug-likeness (QED) is 0.249. The minimum atomic E-state index is -0.0842. The smallest absolute Gasteiger partial charge is 0.214 e. The van der Waals surface area contributed by atoms with Crippen molar-refractivity contribution in [2.24, 2.45) is 0 Å². The molecule has 0 saturated carbocycles. The normalized spacial score (nSPS) is 11.1. The lowest BCUT2D eigenvalue weighted by Crippen LogP contribution is -2.06. The molecule has 0 aliphatic heterocycles. The minimum Gasteiger partial charge on any atom is -0.497 e. The topological polar surface area (TPSA) is 44.1 Å². The van der Waals surface area contributed by atoms with Crippen LogP contribution in [0.3, 0.4) is 0 Å². The molecule has 0 atom stereocenters. The zero-order valence-electron chi connectivity index (χ0n) is 18.2. The summed E-state index contributed by atoms with van der Waals surface area (Å²) >= 11 is 7.54. The van der Waals surface area contributed by atoms with Gasteiger partial charge >= 0.3 is 0 Å². The maximum atomic E-state index is 13.7. The van der Waals surface area contributed by atoms with Crippen LogP contribution < -0.4 is 4.74 Å². The number of hydrogen-bond acceptors (Lipinski definition) is 4. The van der Waals surface area contributed by atoms with E-state index >= 15 is 0 Å². The number of benzene rings is 3. The number of nitrogens with zero attached hydrogens (tertiary/aromatic N) is 2. The molecular formula is C27H21ClN2O2S. The lowest BCUT2D eigenvalue weighted by atomic mass is 10.0. The van der Waals surface area contributed by atoms with E-state index in [1.807, 2.05) is 85.1 Å². The van der Waals surface area contributed by atoms with E-state index in [2.05, 4.69) is 9.55 Å². The third-order valence-corrected chi connectivity index (χ3v) is 6.91. The second kappa shape index (κ2) is 8.85. The summed E-state index contributed by atoms with van der Waals surface area (Å²) in [6.45, 7) is 2.62. The molecule has 0 bridgehead atoms. The van der Waals surface area contributed by atoms with Crippen molar-refractivity contribution in [3.8, 4) is 16.3 Å². The van der Waals surface area contributed by atoms with Crippen LogP contribution in [0.1, 0.15) is 27.3 Å². The molecule has 0 unspecified atom stereocenters. The monoisotopic (exact) mass is 472 g/mol. The molecule has 4 nitrogen and oxygen atoms in total. The first-order chi connectivity index (χ1) is 16.0. The Hall–Kier alpha value is -3.41. The van der Waals surface area contributed by atoms with Crippen molar-refractivity contribution >= 4 is 39.6 Å². The summed E-state index contributed by atoms with van der Waals surface area (Å²) in [5.74, 6) is 0.627. The van der Waals surface area contributed by atoms with Gasteiger partial charge in [-0.3, -0.25) is 4.79 Å². The Morgan fingerprint density at radius 3 is 2.55 bits per heavy atom. The molecule has 0 saturated heterocycles. The number of aromatic nitrogens is 2.